The van der Waals surface area contributed by atoms with Crippen molar-refractivity contribution in [3.63, 3.8) is 0 Å². The molecule has 6 nitrogen and oxygen atoms in total. The second-order valence-corrected chi connectivity index (χ2v) is 3.39. The van der Waals surface area contributed by atoms with Gasteiger partial charge >= 0.3 is 11.9 Å². The van der Waals surface area contributed by atoms with Crippen LogP contribution in [0.2, 0.25) is 0 Å². The molecule has 0 aromatic heterocycles. The van der Waals surface area contributed by atoms with Crippen molar-refractivity contribution in [2.75, 3.05) is 6.61 Å². The van der Waals surface area contributed by atoms with Crippen molar-refractivity contribution in [3.05, 3.63) is 0 Å². The summed E-state index contributed by atoms with van der Waals surface area (Å²) < 4.78 is 27.3. The van der Waals surface area contributed by atoms with Gasteiger partial charge in [-0.1, -0.05) is 0 Å². The third kappa shape index (κ3) is 3.14. The molecule has 1 N–H and O–H groups in total. The smallest absolute Gasteiger partial charge is 0.303 e. The van der Waals surface area contributed by atoms with E-state index in [-0.39, 0.29) is 6.61 Å². The highest BCUT2D eigenvalue weighted by molar-refractivity contribution is 5.66. The van der Waals surface area contributed by atoms with Gasteiger partial charge in [-0.2, -0.15) is 0 Å². The van der Waals surface area contributed by atoms with E-state index in [0.29, 0.717) is 0 Å². The molecule has 0 aromatic carbocycles. The molecule has 0 unspecified atom stereocenters. The van der Waals surface area contributed by atoms with Crippen LogP contribution in [0.15, 0.2) is 0 Å². The van der Waals surface area contributed by atoms with Gasteiger partial charge in [0, 0.05) is 13.8 Å². The summed E-state index contributed by atoms with van der Waals surface area (Å²) in [6.07, 6.45) is -5.76. The second kappa shape index (κ2) is 5.22. The van der Waals surface area contributed by atoms with Crippen LogP contribution in [0.5, 0.6) is 0 Å². The highest BCUT2D eigenvalue weighted by Gasteiger charge is 2.47. The van der Waals surface area contributed by atoms with E-state index in [2.05, 4.69) is 9.47 Å². The SMILES string of the molecule is CC(=O)OC[C@H]1O[C@H](O)[C@@H](F)[C@@H]1OC(C)=O. The van der Waals surface area contributed by atoms with Gasteiger partial charge in [0.2, 0.25) is 0 Å². The van der Waals surface area contributed by atoms with Gasteiger partial charge < -0.3 is 19.3 Å². The normalized spacial score (nSPS) is 33.5. The second-order valence-electron chi connectivity index (χ2n) is 3.39. The summed E-state index contributed by atoms with van der Waals surface area (Å²) in [5.41, 5.74) is 0. The molecule has 1 fully saturated rings. The third-order valence-electron chi connectivity index (χ3n) is 2.02. The summed E-state index contributed by atoms with van der Waals surface area (Å²) in [5, 5.41) is 9.09. The Balaban J connectivity index is 2.59. The minimum Gasteiger partial charge on any atom is -0.463 e. The van der Waals surface area contributed by atoms with E-state index in [0.717, 1.165) is 6.92 Å². The standard InChI is InChI=1S/C9H13FO6/c1-4(11)14-3-6-8(15-5(2)12)7(10)9(13)16-6/h6-9,13H,3H2,1-2H3/t6-,7+,8-,9+/m1/s1. The number of rotatable bonds is 3. The highest BCUT2D eigenvalue weighted by atomic mass is 19.1. The minimum absolute atomic E-state index is 0.273. The first-order valence-corrected chi connectivity index (χ1v) is 4.70. The number of alkyl halides is 1. The molecule has 0 radical (unpaired) electrons. The quantitative estimate of drug-likeness (QED) is 0.667. The van der Waals surface area contributed by atoms with Crippen LogP contribution in [0.4, 0.5) is 4.39 Å². The van der Waals surface area contributed by atoms with Crippen LogP contribution in [-0.4, -0.2) is 48.3 Å². The van der Waals surface area contributed by atoms with Gasteiger partial charge in [-0.3, -0.25) is 9.59 Å². The van der Waals surface area contributed by atoms with Crippen LogP contribution in [0.3, 0.4) is 0 Å². The lowest BCUT2D eigenvalue weighted by Crippen LogP contribution is -2.36. The summed E-state index contributed by atoms with van der Waals surface area (Å²) >= 11 is 0. The first-order chi connectivity index (χ1) is 7.41. The predicted octanol–water partition coefficient (Wildman–Crippen LogP) is -0.464. The molecular formula is C9H13FO6. The van der Waals surface area contributed by atoms with Crippen molar-refractivity contribution in [1.82, 2.24) is 0 Å². The van der Waals surface area contributed by atoms with E-state index in [9.17, 15) is 14.0 Å². The van der Waals surface area contributed by atoms with Gasteiger partial charge in [-0.05, 0) is 0 Å². The van der Waals surface area contributed by atoms with Crippen molar-refractivity contribution >= 4 is 11.9 Å². The Hall–Kier alpha value is -1.21. The third-order valence-corrected chi connectivity index (χ3v) is 2.02. The molecule has 92 valence electrons. The molecule has 1 rings (SSSR count). The fourth-order valence-corrected chi connectivity index (χ4v) is 1.37. The first kappa shape index (κ1) is 12.9. The lowest BCUT2D eigenvalue weighted by Gasteiger charge is -2.18. The van der Waals surface area contributed by atoms with E-state index in [1.54, 1.807) is 0 Å². The van der Waals surface area contributed by atoms with Crippen LogP contribution in [0.25, 0.3) is 0 Å². The van der Waals surface area contributed by atoms with Crippen molar-refractivity contribution in [2.45, 2.75) is 38.5 Å². The Morgan fingerprint density at radius 1 is 1.38 bits per heavy atom. The van der Waals surface area contributed by atoms with Crippen LogP contribution in [-0.2, 0) is 23.8 Å². The molecule has 0 saturated carbocycles. The zero-order chi connectivity index (χ0) is 12.3. The van der Waals surface area contributed by atoms with Gasteiger partial charge in [0.05, 0.1) is 0 Å². The van der Waals surface area contributed by atoms with E-state index in [1.807, 2.05) is 0 Å². The van der Waals surface area contributed by atoms with Crippen molar-refractivity contribution in [3.8, 4) is 0 Å². The molecule has 1 aliphatic rings. The number of ether oxygens (including phenoxy) is 3. The van der Waals surface area contributed by atoms with Crippen LogP contribution >= 0.6 is 0 Å². The first-order valence-electron chi connectivity index (χ1n) is 4.70. The maximum Gasteiger partial charge on any atom is 0.303 e. The monoisotopic (exact) mass is 236 g/mol. The maximum atomic E-state index is 13.3. The summed E-state index contributed by atoms with van der Waals surface area (Å²) in [4.78, 5) is 21.3. The van der Waals surface area contributed by atoms with Crippen LogP contribution < -0.4 is 0 Å². The molecule has 1 aliphatic heterocycles. The number of carbonyl (C=O) groups excluding carboxylic acids is 2. The summed E-state index contributed by atoms with van der Waals surface area (Å²) in [6, 6.07) is 0. The molecule has 0 bridgehead atoms. The molecular weight excluding hydrogens is 223 g/mol. The van der Waals surface area contributed by atoms with Gasteiger partial charge in [0.25, 0.3) is 0 Å². The zero-order valence-electron chi connectivity index (χ0n) is 8.88. The fraction of sp³-hybridized carbons (Fsp3) is 0.778. The molecule has 0 aromatic rings. The summed E-state index contributed by atoms with van der Waals surface area (Å²) in [6.45, 7) is 2.02. The fourth-order valence-electron chi connectivity index (χ4n) is 1.37. The van der Waals surface area contributed by atoms with Gasteiger partial charge in [-0.25, -0.2) is 4.39 Å². The van der Waals surface area contributed by atoms with Crippen LogP contribution in [0.1, 0.15) is 13.8 Å². The largest absolute Gasteiger partial charge is 0.463 e. The molecule has 4 atom stereocenters. The highest BCUT2D eigenvalue weighted by Crippen LogP contribution is 2.25. The van der Waals surface area contributed by atoms with Gasteiger partial charge in [0.1, 0.15) is 12.7 Å². The number of carbonyl (C=O) groups is 2. The molecule has 16 heavy (non-hydrogen) atoms. The molecule has 0 amide bonds. The van der Waals surface area contributed by atoms with E-state index in [1.165, 1.54) is 6.92 Å². The number of halogens is 1. The minimum atomic E-state index is -1.84. The predicted molar refractivity (Wildman–Crippen MR) is 48.0 cm³/mol. The average Bonchev–Trinajstić information content (AvgIpc) is 2.42. The number of hydrogen-bond donors (Lipinski definition) is 1. The Morgan fingerprint density at radius 2 is 2.00 bits per heavy atom. The molecule has 7 heteroatoms. The topological polar surface area (TPSA) is 82.1 Å². The molecule has 1 heterocycles. The number of aliphatic hydroxyl groups excluding tert-OH is 1. The van der Waals surface area contributed by atoms with E-state index < -0.39 is 36.6 Å². The zero-order valence-corrected chi connectivity index (χ0v) is 8.88. The lowest BCUT2D eigenvalue weighted by molar-refractivity contribution is -0.159. The van der Waals surface area contributed by atoms with Gasteiger partial charge in [-0.15, -0.1) is 0 Å². The average molecular weight is 236 g/mol. The van der Waals surface area contributed by atoms with Gasteiger partial charge in [0.15, 0.2) is 18.6 Å². The van der Waals surface area contributed by atoms with E-state index >= 15 is 0 Å². The Bertz CT molecular complexity index is 281. The lowest BCUT2D eigenvalue weighted by atomic mass is 10.1. The van der Waals surface area contributed by atoms with Crippen molar-refractivity contribution in [2.24, 2.45) is 0 Å². The Labute approximate surface area is 91.3 Å². The van der Waals surface area contributed by atoms with E-state index in [4.69, 9.17) is 9.84 Å². The van der Waals surface area contributed by atoms with Crippen molar-refractivity contribution < 1.29 is 33.3 Å². The van der Waals surface area contributed by atoms with Crippen molar-refractivity contribution in [1.29, 1.82) is 0 Å². The Morgan fingerprint density at radius 3 is 2.50 bits per heavy atom. The molecule has 0 aliphatic carbocycles. The molecule has 1 saturated heterocycles. The maximum absolute atomic E-state index is 13.3. The number of aliphatic hydroxyl groups is 1. The number of esters is 2. The number of hydrogen-bond acceptors (Lipinski definition) is 6. The Kier molecular flexibility index (Phi) is 4.19. The molecule has 0 spiro atoms. The summed E-state index contributed by atoms with van der Waals surface area (Å²) in [7, 11) is 0. The summed E-state index contributed by atoms with van der Waals surface area (Å²) in [5.74, 6) is -1.26. The van der Waals surface area contributed by atoms with Crippen LogP contribution in [0, 0.1) is 0 Å².